The SMILES string of the molecule is CN(C)C(=O)C[NH+](C)CC(=O)Nc1ccc(F)cc1F. The van der Waals surface area contributed by atoms with Gasteiger partial charge >= 0.3 is 0 Å². The van der Waals surface area contributed by atoms with E-state index in [1.807, 2.05) is 0 Å². The first-order valence-corrected chi connectivity index (χ1v) is 6.06. The molecule has 20 heavy (non-hydrogen) atoms. The van der Waals surface area contributed by atoms with Crippen molar-refractivity contribution in [1.29, 1.82) is 0 Å². The highest BCUT2D eigenvalue weighted by molar-refractivity contribution is 5.91. The molecule has 0 radical (unpaired) electrons. The van der Waals surface area contributed by atoms with Crippen LogP contribution in [-0.2, 0) is 9.59 Å². The molecular formula is C13H18F2N3O2+. The first-order valence-electron chi connectivity index (χ1n) is 6.06. The van der Waals surface area contributed by atoms with Crippen LogP contribution in [0.25, 0.3) is 0 Å². The van der Waals surface area contributed by atoms with Crippen LogP contribution in [-0.4, -0.2) is 50.9 Å². The molecule has 1 unspecified atom stereocenters. The normalized spacial score (nSPS) is 11.8. The van der Waals surface area contributed by atoms with Gasteiger partial charge < -0.3 is 15.1 Å². The van der Waals surface area contributed by atoms with E-state index in [9.17, 15) is 18.4 Å². The Hall–Kier alpha value is -2.02. The predicted octanol–water partition coefficient (Wildman–Crippen LogP) is -0.494. The molecular weight excluding hydrogens is 268 g/mol. The summed E-state index contributed by atoms with van der Waals surface area (Å²) in [6.45, 7) is 0.169. The van der Waals surface area contributed by atoms with Crippen LogP contribution >= 0.6 is 0 Å². The minimum Gasteiger partial charge on any atom is -0.344 e. The largest absolute Gasteiger partial charge is 0.344 e. The fraction of sp³-hybridized carbons (Fsp3) is 0.385. The van der Waals surface area contributed by atoms with Gasteiger partial charge in [-0.05, 0) is 12.1 Å². The monoisotopic (exact) mass is 286 g/mol. The number of halogens is 2. The van der Waals surface area contributed by atoms with Crippen LogP contribution in [0, 0.1) is 11.6 Å². The quantitative estimate of drug-likeness (QED) is 0.767. The first-order chi connectivity index (χ1) is 9.29. The van der Waals surface area contributed by atoms with Crippen LogP contribution in [0.4, 0.5) is 14.5 Å². The summed E-state index contributed by atoms with van der Waals surface area (Å²) >= 11 is 0. The van der Waals surface area contributed by atoms with Gasteiger partial charge in [0.2, 0.25) is 0 Å². The van der Waals surface area contributed by atoms with Crippen LogP contribution in [0.15, 0.2) is 18.2 Å². The van der Waals surface area contributed by atoms with Crippen molar-refractivity contribution >= 4 is 17.5 Å². The maximum Gasteiger partial charge on any atom is 0.279 e. The number of rotatable bonds is 5. The van der Waals surface area contributed by atoms with Gasteiger partial charge in [0.05, 0.1) is 12.7 Å². The van der Waals surface area contributed by atoms with Crippen LogP contribution in [0.3, 0.4) is 0 Å². The van der Waals surface area contributed by atoms with Crippen LogP contribution in [0.2, 0.25) is 0 Å². The molecule has 1 rings (SSSR count). The predicted molar refractivity (Wildman–Crippen MR) is 70.3 cm³/mol. The topological polar surface area (TPSA) is 53.9 Å². The molecule has 0 aliphatic rings. The smallest absolute Gasteiger partial charge is 0.279 e. The highest BCUT2D eigenvalue weighted by Crippen LogP contribution is 2.14. The Bertz CT molecular complexity index is 506. The number of carbonyl (C=O) groups is 2. The molecule has 0 saturated carbocycles. The highest BCUT2D eigenvalue weighted by Gasteiger charge is 2.16. The molecule has 0 heterocycles. The fourth-order valence-corrected chi connectivity index (χ4v) is 1.54. The molecule has 0 saturated heterocycles. The maximum atomic E-state index is 13.3. The third-order valence-electron chi connectivity index (χ3n) is 2.62. The van der Waals surface area contributed by atoms with Crippen molar-refractivity contribution in [3.63, 3.8) is 0 Å². The third kappa shape index (κ3) is 4.93. The average molecular weight is 286 g/mol. The van der Waals surface area contributed by atoms with Gasteiger partial charge in [0.1, 0.15) is 11.6 Å². The second-order valence-corrected chi connectivity index (χ2v) is 4.77. The van der Waals surface area contributed by atoms with E-state index < -0.39 is 17.5 Å². The van der Waals surface area contributed by atoms with Crippen molar-refractivity contribution in [3.8, 4) is 0 Å². The average Bonchev–Trinajstić information content (AvgIpc) is 2.32. The lowest BCUT2D eigenvalue weighted by Gasteiger charge is -2.16. The number of likely N-dealkylation sites (N-methyl/N-ethyl adjacent to an activating group) is 2. The summed E-state index contributed by atoms with van der Waals surface area (Å²) in [7, 11) is 4.94. The molecule has 2 N–H and O–H groups in total. The molecule has 1 aromatic carbocycles. The van der Waals surface area contributed by atoms with E-state index in [-0.39, 0.29) is 24.7 Å². The first kappa shape index (κ1) is 16.0. The molecule has 110 valence electrons. The number of quaternary nitrogens is 1. The number of nitrogens with one attached hydrogen (secondary N) is 2. The van der Waals surface area contributed by atoms with E-state index in [0.29, 0.717) is 11.0 Å². The minimum atomic E-state index is -0.833. The molecule has 0 aliphatic heterocycles. The Morgan fingerprint density at radius 1 is 1.25 bits per heavy atom. The third-order valence-corrected chi connectivity index (χ3v) is 2.62. The summed E-state index contributed by atoms with van der Waals surface area (Å²) in [4.78, 5) is 25.3. The summed E-state index contributed by atoms with van der Waals surface area (Å²) in [5.41, 5.74) is -0.0804. The van der Waals surface area contributed by atoms with Gasteiger partial charge in [-0.15, -0.1) is 0 Å². The maximum absolute atomic E-state index is 13.3. The summed E-state index contributed by atoms with van der Waals surface area (Å²) in [6.07, 6.45) is 0. The van der Waals surface area contributed by atoms with Crippen LogP contribution in [0.1, 0.15) is 0 Å². The van der Waals surface area contributed by atoms with Crippen molar-refractivity contribution in [1.82, 2.24) is 4.90 Å². The van der Waals surface area contributed by atoms with Crippen molar-refractivity contribution < 1.29 is 23.3 Å². The summed E-state index contributed by atoms with van der Waals surface area (Å²) < 4.78 is 26.1. The summed E-state index contributed by atoms with van der Waals surface area (Å²) in [5.74, 6) is -2.09. The Balaban J connectivity index is 2.53. The van der Waals surface area contributed by atoms with Crippen LogP contribution < -0.4 is 10.2 Å². The van der Waals surface area contributed by atoms with Gasteiger partial charge in [0, 0.05) is 20.2 Å². The molecule has 0 fully saturated rings. The fourth-order valence-electron chi connectivity index (χ4n) is 1.54. The number of hydrogen-bond acceptors (Lipinski definition) is 2. The van der Waals surface area contributed by atoms with Crippen molar-refractivity contribution in [2.45, 2.75) is 0 Å². The molecule has 1 atom stereocenters. The van der Waals surface area contributed by atoms with E-state index in [1.165, 1.54) is 4.90 Å². The highest BCUT2D eigenvalue weighted by atomic mass is 19.1. The zero-order chi connectivity index (χ0) is 15.3. The molecule has 0 bridgehead atoms. The molecule has 0 aromatic heterocycles. The van der Waals surface area contributed by atoms with Gasteiger partial charge in [0.15, 0.2) is 13.1 Å². The second kappa shape index (κ2) is 6.95. The number of carbonyl (C=O) groups excluding carboxylic acids is 2. The lowest BCUT2D eigenvalue weighted by atomic mass is 10.3. The Morgan fingerprint density at radius 3 is 2.45 bits per heavy atom. The molecule has 7 heteroatoms. The summed E-state index contributed by atoms with van der Waals surface area (Å²) in [5, 5.41) is 2.34. The second-order valence-electron chi connectivity index (χ2n) is 4.77. The Labute approximate surface area is 116 Å². The molecule has 5 nitrogen and oxygen atoms in total. The zero-order valence-corrected chi connectivity index (χ0v) is 11.7. The van der Waals surface area contributed by atoms with Crippen molar-refractivity contribution in [3.05, 3.63) is 29.8 Å². The number of nitrogens with zero attached hydrogens (tertiary/aromatic N) is 1. The Morgan fingerprint density at radius 2 is 1.90 bits per heavy atom. The lowest BCUT2D eigenvalue weighted by Crippen LogP contribution is -3.11. The molecule has 1 aromatic rings. The zero-order valence-electron chi connectivity index (χ0n) is 11.7. The van der Waals surface area contributed by atoms with Gasteiger partial charge in [-0.2, -0.15) is 0 Å². The number of hydrogen-bond donors (Lipinski definition) is 2. The van der Waals surface area contributed by atoms with Crippen molar-refractivity contribution in [2.75, 3.05) is 39.5 Å². The molecule has 2 amide bonds. The molecule has 0 aliphatic carbocycles. The van der Waals surface area contributed by atoms with E-state index in [4.69, 9.17) is 0 Å². The minimum absolute atomic E-state index is 0.0103. The van der Waals surface area contributed by atoms with Gasteiger partial charge in [0.25, 0.3) is 11.8 Å². The number of benzene rings is 1. The number of amides is 2. The van der Waals surface area contributed by atoms with Crippen LogP contribution in [0.5, 0.6) is 0 Å². The summed E-state index contributed by atoms with van der Waals surface area (Å²) in [6, 6.07) is 2.91. The van der Waals surface area contributed by atoms with E-state index in [1.54, 1.807) is 21.1 Å². The van der Waals surface area contributed by atoms with Crippen molar-refractivity contribution in [2.24, 2.45) is 0 Å². The molecule has 0 spiro atoms. The van der Waals surface area contributed by atoms with Gasteiger partial charge in [-0.3, -0.25) is 9.59 Å². The van der Waals surface area contributed by atoms with E-state index in [2.05, 4.69) is 5.32 Å². The lowest BCUT2D eigenvalue weighted by molar-refractivity contribution is -0.862. The van der Waals surface area contributed by atoms with Gasteiger partial charge in [-0.25, -0.2) is 8.78 Å². The standard InChI is InChI=1S/C13H17F2N3O2/c1-17(2)13(20)8-18(3)7-12(19)16-11-5-4-9(14)6-10(11)15/h4-6H,7-8H2,1-3H3,(H,16,19)/p+1. The van der Waals surface area contributed by atoms with E-state index >= 15 is 0 Å². The number of anilines is 1. The Kier molecular flexibility index (Phi) is 5.57. The van der Waals surface area contributed by atoms with Gasteiger partial charge in [-0.1, -0.05) is 0 Å². The van der Waals surface area contributed by atoms with E-state index in [0.717, 1.165) is 12.1 Å².